The van der Waals surface area contributed by atoms with Gasteiger partial charge in [-0.1, -0.05) is 33.1 Å². The van der Waals surface area contributed by atoms with E-state index in [0.29, 0.717) is 5.92 Å². The van der Waals surface area contributed by atoms with Gasteiger partial charge in [0, 0.05) is 0 Å². The lowest BCUT2D eigenvalue weighted by molar-refractivity contribution is -0.125. The third kappa shape index (κ3) is 4.67. The van der Waals surface area contributed by atoms with Gasteiger partial charge in [-0.3, -0.25) is 4.79 Å². The SMILES string of the molecule is CCCCCSCCC1CCCC1(NCC)C(N)=O. The summed E-state index contributed by atoms with van der Waals surface area (Å²) in [6.45, 7) is 5.11. The fourth-order valence-corrected chi connectivity index (χ4v) is 4.27. The van der Waals surface area contributed by atoms with Gasteiger partial charge in [0.1, 0.15) is 5.54 Å². The molecule has 1 amide bonds. The van der Waals surface area contributed by atoms with E-state index in [0.717, 1.165) is 38.0 Å². The third-order valence-corrected chi connectivity index (χ3v) is 5.36. The van der Waals surface area contributed by atoms with Crippen LogP contribution in [-0.4, -0.2) is 29.5 Å². The molecule has 19 heavy (non-hydrogen) atoms. The van der Waals surface area contributed by atoms with Crippen molar-refractivity contribution in [3.8, 4) is 0 Å². The Morgan fingerprint density at radius 3 is 2.79 bits per heavy atom. The number of primary amides is 1. The van der Waals surface area contributed by atoms with E-state index in [1.54, 1.807) is 0 Å². The molecule has 1 aliphatic carbocycles. The average Bonchev–Trinajstić information content (AvgIpc) is 2.78. The zero-order valence-electron chi connectivity index (χ0n) is 12.5. The third-order valence-electron chi connectivity index (χ3n) is 4.26. The van der Waals surface area contributed by atoms with Crippen molar-refractivity contribution in [1.29, 1.82) is 0 Å². The zero-order chi connectivity index (χ0) is 14.1. The summed E-state index contributed by atoms with van der Waals surface area (Å²) in [5.74, 6) is 2.71. The minimum absolute atomic E-state index is 0.146. The van der Waals surface area contributed by atoms with Crippen molar-refractivity contribution in [1.82, 2.24) is 5.32 Å². The number of carbonyl (C=O) groups excluding carboxylic acids is 1. The van der Waals surface area contributed by atoms with E-state index < -0.39 is 5.54 Å². The summed E-state index contributed by atoms with van der Waals surface area (Å²) < 4.78 is 0. The van der Waals surface area contributed by atoms with Crippen molar-refractivity contribution in [3.05, 3.63) is 0 Å². The lowest BCUT2D eigenvalue weighted by atomic mass is 9.84. The van der Waals surface area contributed by atoms with Gasteiger partial charge in [-0.15, -0.1) is 0 Å². The molecule has 1 fully saturated rings. The van der Waals surface area contributed by atoms with Crippen molar-refractivity contribution in [2.75, 3.05) is 18.1 Å². The highest BCUT2D eigenvalue weighted by Gasteiger charge is 2.46. The van der Waals surface area contributed by atoms with Gasteiger partial charge in [-0.25, -0.2) is 0 Å². The maximum atomic E-state index is 11.9. The smallest absolute Gasteiger partial charge is 0.238 e. The van der Waals surface area contributed by atoms with Crippen molar-refractivity contribution in [3.63, 3.8) is 0 Å². The van der Waals surface area contributed by atoms with Crippen molar-refractivity contribution >= 4 is 17.7 Å². The fourth-order valence-electron chi connectivity index (χ4n) is 3.21. The molecule has 3 N–H and O–H groups in total. The van der Waals surface area contributed by atoms with Crippen LogP contribution in [0.25, 0.3) is 0 Å². The average molecular weight is 286 g/mol. The highest BCUT2D eigenvalue weighted by atomic mass is 32.2. The van der Waals surface area contributed by atoms with Crippen LogP contribution in [0.1, 0.15) is 58.8 Å². The summed E-state index contributed by atoms with van der Waals surface area (Å²) in [5.41, 5.74) is 5.25. The molecule has 0 bridgehead atoms. The second kappa shape index (κ2) is 8.85. The highest BCUT2D eigenvalue weighted by Crippen LogP contribution is 2.38. The molecule has 0 aromatic rings. The second-order valence-corrected chi connectivity index (χ2v) is 6.79. The summed E-state index contributed by atoms with van der Waals surface area (Å²) in [5, 5.41) is 3.38. The van der Waals surface area contributed by atoms with E-state index in [4.69, 9.17) is 5.73 Å². The Morgan fingerprint density at radius 2 is 2.16 bits per heavy atom. The maximum absolute atomic E-state index is 11.9. The van der Waals surface area contributed by atoms with Gasteiger partial charge in [0.05, 0.1) is 0 Å². The van der Waals surface area contributed by atoms with E-state index in [-0.39, 0.29) is 5.91 Å². The Balaban J connectivity index is 2.36. The number of rotatable bonds is 10. The van der Waals surface area contributed by atoms with Gasteiger partial charge in [0.2, 0.25) is 5.91 Å². The number of unbranched alkanes of at least 4 members (excludes halogenated alkanes) is 2. The normalized spacial score (nSPS) is 26.7. The molecule has 4 heteroatoms. The van der Waals surface area contributed by atoms with Crippen molar-refractivity contribution < 1.29 is 4.79 Å². The zero-order valence-corrected chi connectivity index (χ0v) is 13.4. The lowest BCUT2D eigenvalue weighted by Crippen LogP contribution is -2.57. The first-order valence-electron chi connectivity index (χ1n) is 7.80. The van der Waals surface area contributed by atoms with Gasteiger partial charge in [-0.2, -0.15) is 11.8 Å². The Morgan fingerprint density at radius 1 is 1.37 bits per heavy atom. The van der Waals surface area contributed by atoms with Crippen LogP contribution in [0.15, 0.2) is 0 Å². The van der Waals surface area contributed by atoms with E-state index in [1.165, 1.54) is 25.0 Å². The molecule has 3 nitrogen and oxygen atoms in total. The van der Waals surface area contributed by atoms with E-state index in [2.05, 4.69) is 19.2 Å². The minimum atomic E-state index is -0.418. The number of thioether (sulfide) groups is 1. The Kier molecular flexibility index (Phi) is 7.84. The molecule has 2 unspecified atom stereocenters. The van der Waals surface area contributed by atoms with Crippen molar-refractivity contribution in [2.24, 2.45) is 11.7 Å². The number of hydrogen-bond donors (Lipinski definition) is 2. The molecule has 0 aliphatic heterocycles. The van der Waals surface area contributed by atoms with Crippen LogP contribution >= 0.6 is 11.8 Å². The molecule has 0 saturated heterocycles. The first-order valence-corrected chi connectivity index (χ1v) is 8.95. The predicted molar refractivity (Wildman–Crippen MR) is 84.4 cm³/mol. The van der Waals surface area contributed by atoms with Gasteiger partial charge >= 0.3 is 0 Å². The summed E-state index contributed by atoms with van der Waals surface area (Å²) in [6, 6.07) is 0. The Labute approximate surface area is 122 Å². The summed E-state index contributed by atoms with van der Waals surface area (Å²) >= 11 is 2.03. The second-order valence-electron chi connectivity index (χ2n) is 5.56. The monoisotopic (exact) mass is 286 g/mol. The quantitative estimate of drug-likeness (QED) is 0.607. The summed E-state index contributed by atoms with van der Waals surface area (Å²) in [4.78, 5) is 11.9. The molecule has 2 atom stereocenters. The van der Waals surface area contributed by atoms with E-state index in [9.17, 15) is 4.79 Å². The number of nitrogens with one attached hydrogen (secondary N) is 1. The van der Waals surface area contributed by atoms with Crippen LogP contribution in [0, 0.1) is 5.92 Å². The molecule has 1 aliphatic rings. The topological polar surface area (TPSA) is 55.1 Å². The van der Waals surface area contributed by atoms with Gasteiger partial charge < -0.3 is 11.1 Å². The number of carbonyl (C=O) groups is 1. The molecular formula is C15H30N2OS. The van der Waals surface area contributed by atoms with E-state index in [1.807, 2.05) is 11.8 Å². The largest absolute Gasteiger partial charge is 0.368 e. The standard InChI is InChI=1S/C15H30N2OS/c1-3-5-6-11-19-12-9-13-8-7-10-15(13,14(16)18)17-4-2/h13,17H,3-12H2,1-2H3,(H2,16,18). The number of likely N-dealkylation sites (N-methyl/N-ethyl adjacent to an activating group) is 1. The summed E-state index contributed by atoms with van der Waals surface area (Å²) in [6.07, 6.45) is 8.24. The van der Waals surface area contributed by atoms with Crippen LogP contribution in [0.4, 0.5) is 0 Å². The lowest BCUT2D eigenvalue weighted by Gasteiger charge is -2.33. The first-order chi connectivity index (χ1) is 9.17. The molecular weight excluding hydrogens is 256 g/mol. The number of nitrogens with two attached hydrogens (primary N) is 1. The maximum Gasteiger partial charge on any atom is 0.238 e. The molecule has 1 rings (SSSR count). The molecule has 112 valence electrons. The Bertz CT molecular complexity index is 273. The van der Waals surface area contributed by atoms with Crippen molar-refractivity contribution in [2.45, 2.75) is 64.3 Å². The summed E-state index contributed by atoms with van der Waals surface area (Å²) in [7, 11) is 0. The molecule has 0 heterocycles. The molecule has 0 aromatic heterocycles. The van der Waals surface area contributed by atoms with Crippen LogP contribution in [0.2, 0.25) is 0 Å². The molecule has 0 spiro atoms. The fraction of sp³-hybridized carbons (Fsp3) is 0.933. The minimum Gasteiger partial charge on any atom is -0.368 e. The van der Waals surface area contributed by atoms with Crippen LogP contribution in [-0.2, 0) is 4.79 Å². The number of hydrogen-bond acceptors (Lipinski definition) is 3. The predicted octanol–water partition coefficient (Wildman–Crippen LogP) is 2.93. The molecule has 1 saturated carbocycles. The molecule has 0 aromatic carbocycles. The van der Waals surface area contributed by atoms with Crippen LogP contribution in [0.3, 0.4) is 0 Å². The Hall–Kier alpha value is -0.220. The molecule has 0 radical (unpaired) electrons. The van der Waals surface area contributed by atoms with Crippen LogP contribution in [0.5, 0.6) is 0 Å². The van der Waals surface area contributed by atoms with Gasteiger partial charge in [0.15, 0.2) is 0 Å². The van der Waals surface area contributed by atoms with Gasteiger partial charge in [0.25, 0.3) is 0 Å². The van der Waals surface area contributed by atoms with E-state index >= 15 is 0 Å². The van der Waals surface area contributed by atoms with Gasteiger partial charge in [-0.05, 0) is 49.7 Å². The highest BCUT2D eigenvalue weighted by molar-refractivity contribution is 7.99. The first kappa shape index (κ1) is 16.8. The number of amides is 1. The van der Waals surface area contributed by atoms with Crippen LogP contribution < -0.4 is 11.1 Å².